The molecule has 0 aliphatic heterocycles. The van der Waals surface area contributed by atoms with E-state index in [1.54, 1.807) is 47.6 Å². The second-order valence-corrected chi connectivity index (χ2v) is 8.96. The van der Waals surface area contributed by atoms with Gasteiger partial charge >= 0.3 is 12.2 Å². The molecule has 0 aromatic carbocycles. The lowest BCUT2D eigenvalue weighted by Gasteiger charge is -2.26. The number of ether oxygens (including phenoxy) is 2. The SMILES string of the molecule is CC(C)(C)OC(=O)NCCCC[C@H](NC(=O)OC(C)(C)C)[C@@H](O)C(=O)c1ccco1. The zero-order chi connectivity index (χ0) is 22.9. The van der Waals surface area contributed by atoms with Gasteiger partial charge in [-0.25, -0.2) is 9.59 Å². The normalized spacial score (nSPS) is 13.8. The number of carbonyl (C=O) groups excluding carboxylic acids is 3. The summed E-state index contributed by atoms with van der Waals surface area (Å²) in [6, 6.07) is 2.11. The Labute approximate surface area is 177 Å². The van der Waals surface area contributed by atoms with Crippen molar-refractivity contribution in [3.05, 3.63) is 24.2 Å². The molecule has 1 rings (SSSR count). The number of aliphatic hydroxyl groups excluding tert-OH is 1. The quantitative estimate of drug-likeness (QED) is 0.408. The van der Waals surface area contributed by atoms with Crippen molar-refractivity contribution in [3.8, 4) is 0 Å². The van der Waals surface area contributed by atoms with Gasteiger partial charge in [0.05, 0.1) is 12.3 Å². The van der Waals surface area contributed by atoms with Crippen LogP contribution in [0.25, 0.3) is 0 Å². The predicted octanol–water partition coefficient (Wildman–Crippen LogP) is 3.41. The summed E-state index contributed by atoms with van der Waals surface area (Å²) < 4.78 is 15.4. The summed E-state index contributed by atoms with van der Waals surface area (Å²) in [5, 5.41) is 15.7. The van der Waals surface area contributed by atoms with Crippen molar-refractivity contribution in [2.24, 2.45) is 0 Å². The lowest BCUT2D eigenvalue weighted by molar-refractivity contribution is 0.0392. The molecule has 9 heteroatoms. The van der Waals surface area contributed by atoms with Crippen molar-refractivity contribution in [1.82, 2.24) is 10.6 Å². The van der Waals surface area contributed by atoms with E-state index in [0.29, 0.717) is 25.8 Å². The number of Topliss-reactive ketones (excluding diaryl/α,β-unsaturated/α-hetero) is 1. The van der Waals surface area contributed by atoms with Gasteiger partial charge in [-0.3, -0.25) is 4.79 Å². The summed E-state index contributed by atoms with van der Waals surface area (Å²) in [6.45, 7) is 10.8. The first-order valence-electron chi connectivity index (χ1n) is 10.0. The third-order valence-electron chi connectivity index (χ3n) is 3.73. The Morgan fingerprint density at radius 1 is 1.03 bits per heavy atom. The number of unbranched alkanes of at least 4 members (excludes halogenated alkanes) is 1. The van der Waals surface area contributed by atoms with Crippen LogP contribution in [0, 0.1) is 0 Å². The Morgan fingerprint density at radius 2 is 1.63 bits per heavy atom. The lowest BCUT2D eigenvalue weighted by Crippen LogP contribution is -2.48. The van der Waals surface area contributed by atoms with Crippen LogP contribution in [0.4, 0.5) is 9.59 Å². The fraction of sp³-hybridized carbons (Fsp3) is 0.667. The van der Waals surface area contributed by atoms with Gasteiger partial charge in [0, 0.05) is 6.54 Å². The van der Waals surface area contributed by atoms with E-state index in [0.717, 1.165) is 0 Å². The fourth-order valence-electron chi connectivity index (χ4n) is 2.51. The van der Waals surface area contributed by atoms with Gasteiger partial charge in [-0.2, -0.15) is 0 Å². The molecule has 3 N–H and O–H groups in total. The van der Waals surface area contributed by atoms with E-state index >= 15 is 0 Å². The van der Waals surface area contributed by atoms with Crippen LogP contribution < -0.4 is 10.6 Å². The third kappa shape index (κ3) is 10.3. The minimum absolute atomic E-state index is 0.00470. The van der Waals surface area contributed by atoms with E-state index in [2.05, 4.69) is 10.6 Å². The maximum absolute atomic E-state index is 12.4. The van der Waals surface area contributed by atoms with Gasteiger partial charge in [0.15, 0.2) is 5.76 Å². The minimum atomic E-state index is -1.50. The first-order chi connectivity index (χ1) is 13.8. The number of rotatable bonds is 9. The Morgan fingerprint density at radius 3 is 2.17 bits per heavy atom. The van der Waals surface area contributed by atoms with Crippen molar-refractivity contribution in [1.29, 1.82) is 0 Å². The molecule has 0 saturated heterocycles. The standard InChI is InChI=1S/C21H34N2O7/c1-20(2,3)29-18(26)22-12-8-7-10-14(23-19(27)30-21(4,5)6)16(24)17(25)15-11-9-13-28-15/h9,11,13-14,16,24H,7-8,10,12H2,1-6H3,(H,22,26)(H,23,27)/t14-,16+/m0/s1. The number of carbonyl (C=O) groups is 3. The number of alkyl carbamates (subject to hydrolysis) is 2. The van der Waals surface area contributed by atoms with Crippen LogP contribution in [0.15, 0.2) is 22.8 Å². The second-order valence-electron chi connectivity index (χ2n) is 8.96. The number of hydrogen-bond donors (Lipinski definition) is 3. The summed E-state index contributed by atoms with van der Waals surface area (Å²) >= 11 is 0. The molecule has 30 heavy (non-hydrogen) atoms. The van der Waals surface area contributed by atoms with E-state index in [1.165, 1.54) is 12.3 Å². The molecule has 0 unspecified atom stereocenters. The van der Waals surface area contributed by atoms with Crippen molar-refractivity contribution in [2.75, 3.05) is 6.54 Å². The highest BCUT2D eigenvalue weighted by atomic mass is 16.6. The summed E-state index contributed by atoms with van der Waals surface area (Å²) in [5.41, 5.74) is -1.30. The molecule has 0 saturated carbocycles. The van der Waals surface area contributed by atoms with Crippen molar-refractivity contribution in [3.63, 3.8) is 0 Å². The molecule has 0 aliphatic carbocycles. The third-order valence-corrected chi connectivity index (χ3v) is 3.73. The molecule has 0 fully saturated rings. The van der Waals surface area contributed by atoms with E-state index in [4.69, 9.17) is 13.9 Å². The molecule has 0 bridgehead atoms. The average Bonchev–Trinajstić information content (AvgIpc) is 3.10. The molecular weight excluding hydrogens is 392 g/mol. The minimum Gasteiger partial charge on any atom is -0.461 e. The molecule has 2 atom stereocenters. The number of aliphatic hydroxyl groups is 1. The Hall–Kier alpha value is -2.55. The van der Waals surface area contributed by atoms with Crippen LogP contribution in [-0.4, -0.2) is 53.0 Å². The molecule has 0 aliphatic rings. The molecule has 170 valence electrons. The van der Waals surface area contributed by atoms with Gasteiger partial charge in [-0.05, 0) is 72.9 Å². The van der Waals surface area contributed by atoms with Crippen molar-refractivity contribution >= 4 is 18.0 Å². The van der Waals surface area contributed by atoms with Crippen LogP contribution in [0.3, 0.4) is 0 Å². The Kier molecular flexibility index (Phi) is 9.35. The number of amides is 2. The smallest absolute Gasteiger partial charge is 0.407 e. The number of furan rings is 1. The Bertz CT molecular complexity index is 687. The van der Waals surface area contributed by atoms with E-state index < -0.39 is 41.3 Å². The van der Waals surface area contributed by atoms with E-state index in [9.17, 15) is 19.5 Å². The van der Waals surface area contributed by atoms with Gasteiger partial charge in [0.2, 0.25) is 5.78 Å². The molecule has 1 heterocycles. The number of ketones is 1. The van der Waals surface area contributed by atoms with Crippen LogP contribution in [0.1, 0.15) is 71.4 Å². The van der Waals surface area contributed by atoms with Crippen LogP contribution >= 0.6 is 0 Å². The van der Waals surface area contributed by atoms with E-state index in [1.807, 2.05) is 0 Å². The predicted molar refractivity (Wildman–Crippen MR) is 110 cm³/mol. The largest absolute Gasteiger partial charge is 0.461 e. The summed E-state index contributed by atoms with van der Waals surface area (Å²) in [6.07, 6.45) is -0.0275. The van der Waals surface area contributed by atoms with Gasteiger partial charge in [0.25, 0.3) is 0 Å². The van der Waals surface area contributed by atoms with E-state index in [-0.39, 0.29) is 5.76 Å². The fourth-order valence-corrected chi connectivity index (χ4v) is 2.51. The summed E-state index contributed by atoms with van der Waals surface area (Å²) in [4.78, 5) is 36.2. The molecule has 0 radical (unpaired) electrons. The zero-order valence-electron chi connectivity index (χ0n) is 18.6. The molecular formula is C21H34N2O7. The van der Waals surface area contributed by atoms with Gasteiger partial charge in [-0.1, -0.05) is 0 Å². The maximum Gasteiger partial charge on any atom is 0.407 e. The second kappa shape index (κ2) is 11.0. The number of nitrogens with one attached hydrogen (secondary N) is 2. The van der Waals surface area contributed by atoms with Crippen LogP contribution in [0.5, 0.6) is 0 Å². The van der Waals surface area contributed by atoms with Crippen LogP contribution in [-0.2, 0) is 9.47 Å². The summed E-state index contributed by atoms with van der Waals surface area (Å²) in [5.74, 6) is -0.627. The van der Waals surface area contributed by atoms with Gasteiger partial charge in [0.1, 0.15) is 17.3 Å². The first-order valence-corrected chi connectivity index (χ1v) is 10.0. The maximum atomic E-state index is 12.4. The molecule has 1 aromatic heterocycles. The van der Waals surface area contributed by atoms with Crippen molar-refractivity contribution in [2.45, 2.75) is 84.2 Å². The highest BCUT2D eigenvalue weighted by Crippen LogP contribution is 2.14. The summed E-state index contributed by atoms with van der Waals surface area (Å²) in [7, 11) is 0. The first kappa shape index (κ1) is 25.5. The lowest BCUT2D eigenvalue weighted by atomic mass is 9.99. The molecule has 1 aromatic rings. The number of hydrogen-bond acceptors (Lipinski definition) is 7. The van der Waals surface area contributed by atoms with Crippen LogP contribution in [0.2, 0.25) is 0 Å². The molecule has 2 amide bonds. The molecule has 9 nitrogen and oxygen atoms in total. The Balaban J connectivity index is 2.61. The van der Waals surface area contributed by atoms with Gasteiger partial charge < -0.3 is 29.6 Å². The highest BCUT2D eigenvalue weighted by molar-refractivity contribution is 5.97. The van der Waals surface area contributed by atoms with Crippen molar-refractivity contribution < 1.29 is 33.4 Å². The molecule has 0 spiro atoms. The highest BCUT2D eigenvalue weighted by Gasteiger charge is 2.31. The van der Waals surface area contributed by atoms with Gasteiger partial charge in [-0.15, -0.1) is 0 Å². The topological polar surface area (TPSA) is 127 Å². The average molecular weight is 427 g/mol. The monoisotopic (exact) mass is 426 g/mol. The zero-order valence-corrected chi connectivity index (χ0v) is 18.6.